The first-order chi connectivity index (χ1) is 16.3. The number of fused-ring (bicyclic) bond motifs is 1. The highest BCUT2D eigenvalue weighted by Gasteiger charge is 2.29. The van der Waals surface area contributed by atoms with Gasteiger partial charge in [0.2, 0.25) is 0 Å². The van der Waals surface area contributed by atoms with E-state index in [-0.39, 0.29) is 5.91 Å². The number of morpholine rings is 1. The summed E-state index contributed by atoms with van der Waals surface area (Å²) in [5.74, 6) is 0.147. The number of allylic oxidation sites excluding steroid dienone is 1. The lowest BCUT2D eigenvalue weighted by atomic mass is 9.99. The minimum absolute atomic E-state index is 0.147. The summed E-state index contributed by atoms with van der Waals surface area (Å²) in [6.45, 7) is 5.37. The Morgan fingerprint density at radius 2 is 1.76 bits per heavy atom. The summed E-state index contributed by atoms with van der Waals surface area (Å²) in [6, 6.07) is 9.28. The van der Waals surface area contributed by atoms with Crippen LogP contribution in [0.2, 0.25) is 0 Å². The van der Waals surface area contributed by atoms with Gasteiger partial charge in [0.25, 0.3) is 5.91 Å². The fraction of sp³-hybridized carbons (Fsp3) is 0.481. The molecule has 0 bridgehead atoms. The number of pyridine rings is 1. The van der Waals surface area contributed by atoms with Gasteiger partial charge in [-0.3, -0.25) is 14.7 Å². The van der Waals surface area contributed by atoms with E-state index >= 15 is 0 Å². The van der Waals surface area contributed by atoms with Crippen LogP contribution in [0.1, 0.15) is 47.3 Å². The quantitative estimate of drug-likeness (QED) is 0.760. The number of hydrogen-bond acceptors (Lipinski definition) is 5. The van der Waals surface area contributed by atoms with Gasteiger partial charge in [-0.25, -0.2) is 0 Å². The third-order valence-corrected chi connectivity index (χ3v) is 7.48. The molecule has 0 atom stereocenters. The topological polar surface area (TPSA) is 57.7 Å². The maximum atomic E-state index is 13.2. The van der Waals surface area contributed by atoms with E-state index in [0.717, 1.165) is 81.0 Å². The molecule has 2 aliphatic carbocycles. The number of nitrogens with zero attached hydrogens (tertiary/aromatic N) is 3. The fourth-order valence-corrected chi connectivity index (χ4v) is 5.35. The molecule has 172 valence electrons. The Balaban J connectivity index is 1.15. The summed E-state index contributed by atoms with van der Waals surface area (Å²) in [5.41, 5.74) is 6.57. The number of carbonyl (C=O) groups excluding carboxylic acids is 1. The lowest BCUT2D eigenvalue weighted by Gasteiger charge is -2.40. The van der Waals surface area contributed by atoms with Crippen LogP contribution in [-0.4, -0.2) is 72.2 Å². The maximum absolute atomic E-state index is 13.2. The molecular weight excluding hydrogens is 412 g/mol. The van der Waals surface area contributed by atoms with E-state index in [2.05, 4.69) is 34.5 Å². The summed E-state index contributed by atoms with van der Waals surface area (Å²) >= 11 is 0. The predicted octanol–water partition coefficient (Wildman–Crippen LogP) is 3.83. The van der Waals surface area contributed by atoms with Gasteiger partial charge in [0.05, 0.1) is 24.6 Å². The molecule has 1 aromatic carbocycles. The number of carbonyl (C=O) groups is 1. The number of rotatable bonds is 5. The van der Waals surface area contributed by atoms with Crippen molar-refractivity contribution in [3.63, 3.8) is 0 Å². The molecule has 1 N–H and O–H groups in total. The third-order valence-electron chi connectivity index (χ3n) is 7.48. The van der Waals surface area contributed by atoms with Gasteiger partial charge in [-0.15, -0.1) is 0 Å². The molecule has 2 aliphatic heterocycles. The average Bonchev–Trinajstić information content (AvgIpc) is 3.57. The van der Waals surface area contributed by atoms with Crippen molar-refractivity contribution in [2.24, 2.45) is 0 Å². The van der Waals surface area contributed by atoms with Gasteiger partial charge < -0.3 is 15.0 Å². The lowest BCUT2D eigenvalue weighted by Crippen LogP contribution is -2.50. The van der Waals surface area contributed by atoms with Crippen LogP contribution in [0.3, 0.4) is 0 Å². The molecule has 3 heterocycles. The Hall–Kier alpha value is -2.70. The van der Waals surface area contributed by atoms with Crippen LogP contribution in [0.4, 0.5) is 5.69 Å². The highest BCUT2D eigenvalue weighted by Crippen LogP contribution is 2.38. The van der Waals surface area contributed by atoms with Crippen molar-refractivity contribution < 1.29 is 9.53 Å². The van der Waals surface area contributed by atoms with E-state index in [0.29, 0.717) is 12.1 Å². The molecule has 1 amide bonds. The fourth-order valence-electron chi connectivity index (χ4n) is 5.35. The Bertz CT molecular complexity index is 1050. The third kappa shape index (κ3) is 4.30. The number of aromatic nitrogens is 1. The Kier molecular flexibility index (Phi) is 5.64. The predicted molar refractivity (Wildman–Crippen MR) is 130 cm³/mol. The smallest absolute Gasteiger partial charge is 0.253 e. The molecule has 1 aromatic heterocycles. The molecule has 2 aromatic rings. The lowest BCUT2D eigenvalue weighted by molar-refractivity contribution is 0.00159. The van der Waals surface area contributed by atoms with Gasteiger partial charge in [0, 0.05) is 67.6 Å². The van der Waals surface area contributed by atoms with Crippen LogP contribution >= 0.6 is 0 Å². The number of ether oxygens (including phenoxy) is 1. The van der Waals surface area contributed by atoms with Crippen LogP contribution in [0.15, 0.2) is 36.5 Å². The van der Waals surface area contributed by atoms with Gasteiger partial charge in [-0.05, 0) is 43.4 Å². The minimum atomic E-state index is 0.147. The largest absolute Gasteiger partial charge is 0.381 e. The summed E-state index contributed by atoms with van der Waals surface area (Å²) in [5, 5.41) is 3.73. The monoisotopic (exact) mass is 444 g/mol. The number of piperidine rings is 1. The van der Waals surface area contributed by atoms with E-state index < -0.39 is 0 Å². The molecule has 3 fully saturated rings. The zero-order chi connectivity index (χ0) is 22.2. The molecule has 0 radical (unpaired) electrons. The minimum Gasteiger partial charge on any atom is -0.381 e. The zero-order valence-corrected chi connectivity index (χ0v) is 19.1. The molecule has 6 heteroatoms. The van der Waals surface area contributed by atoms with Crippen LogP contribution in [0.5, 0.6) is 0 Å². The number of benzene rings is 1. The number of anilines is 1. The SMILES string of the molecule is O=C(c1ccc(-c2cnc3c(c2NC2CC2)C=CC3)cc1)N1CCC(N2CCOCC2)CC1. The number of amides is 1. The molecule has 6 rings (SSSR count). The molecule has 0 unspecified atom stereocenters. The standard InChI is InChI=1S/C27H32N4O2/c32-27(31-12-10-22(11-13-31)30-14-16-33-17-15-30)20-6-4-19(5-7-20)24-18-28-25-3-1-2-23(25)26(24)29-21-8-9-21/h1-2,4-7,18,21-22H,3,8-17H2,(H,28,29). The molecule has 0 spiro atoms. The summed E-state index contributed by atoms with van der Waals surface area (Å²) in [4.78, 5) is 22.4. The van der Waals surface area contributed by atoms with Gasteiger partial charge in [-0.1, -0.05) is 24.3 Å². The maximum Gasteiger partial charge on any atom is 0.253 e. The van der Waals surface area contributed by atoms with Crippen LogP contribution in [0, 0.1) is 0 Å². The van der Waals surface area contributed by atoms with Crippen LogP contribution in [-0.2, 0) is 11.2 Å². The van der Waals surface area contributed by atoms with E-state index in [1.165, 1.54) is 24.1 Å². The molecule has 33 heavy (non-hydrogen) atoms. The first kappa shape index (κ1) is 20.9. The van der Waals surface area contributed by atoms with Crippen molar-refractivity contribution >= 4 is 17.7 Å². The molecular formula is C27H32N4O2. The first-order valence-corrected chi connectivity index (χ1v) is 12.4. The van der Waals surface area contributed by atoms with Crippen molar-refractivity contribution in [2.45, 2.75) is 44.2 Å². The number of hydrogen-bond donors (Lipinski definition) is 1. The Morgan fingerprint density at radius 3 is 2.48 bits per heavy atom. The van der Waals surface area contributed by atoms with E-state index in [9.17, 15) is 4.79 Å². The van der Waals surface area contributed by atoms with Crippen molar-refractivity contribution in [3.05, 3.63) is 53.4 Å². The second-order valence-corrected chi connectivity index (χ2v) is 9.68. The molecule has 6 nitrogen and oxygen atoms in total. The zero-order valence-electron chi connectivity index (χ0n) is 19.1. The Morgan fingerprint density at radius 1 is 1.00 bits per heavy atom. The van der Waals surface area contributed by atoms with Crippen LogP contribution < -0.4 is 5.32 Å². The van der Waals surface area contributed by atoms with Crippen molar-refractivity contribution in [1.29, 1.82) is 0 Å². The second-order valence-electron chi connectivity index (χ2n) is 9.68. The number of likely N-dealkylation sites (tertiary alicyclic amines) is 1. The number of nitrogens with one attached hydrogen (secondary N) is 1. The van der Waals surface area contributed by atoms with Gasteiger partial charge in [0.15, 0.2) is 0 Å². The Labute approximate surface area is 195 Å². The van der Waals surface area contributed by atoms with Crippen molar-refractivity contribution in [1.82, 2.24) is 14.8 Å². The van der Waals surface area contributed by atoms with E-state index in [4.69, 9.17) is 9.72 Å². The second kappa shape index (κ2) is 8.92. The molecule has 1 saturated carbocycles. The van der Waals surface area contributed by atoms with Crippen molar-refractivity contribution in [2.75, 3.05) is 44.7 Å². The van der Waals surface area contributed by atoms with Crippen LogP contribution in [0.25, 0.3) is 17.2 Å². The highest BCUT2D eigenvalue weighted by atomic mass is 16.5. The molecule has 4 aliphatic rings. The highest BCUT2D eigenvalue weighted by molar-refractivity contribution is 5.95. The summed E-state index contributed by atoms with van der Waals surface area (Å²) in [6.07, 6.45) is 11.8. The van der Waals surface area contributed by atoms with Gasteiger partial charge >= 0.3 is 0 Å². The van der Waals surface area contributed by atoms with Crippen molar-refractivity contribution in [3.8, 4) is 11.1 Å². The van der Waals surface area contributed by atoms with Gasteiger partial charge in [0.1, 0.15) is 0 Å². The molecule has 2 saturated heterocycles. The van der Waals surface area contributed by atoms with E-state index in [1.54, 1.807) is 0 Å². The normalized spacial score (nSPS) is 21.3. The van der Waals surface area contributed by atoms with E-state index in [1.807, 2.05) is 23.2 Å². The average molecular weight is 445 g/mol. The van der Waals surface area contributed by atoms with Gasteiger partial charge in [-0.2, -0.15) is 0 Å². The summed E-state index contributed by atoms with van der Waals surface area (Å²) in [7, 11) is 0. The first-order valence-electron chi connectivity index (χ1n) is 12.4. The summed E-state index contributed by atoms with van der Waals surface area (Å²) < 4.78 is 5.48.